The molecule has 0 fully saturated rings. The van der Waals surface area contributed by atoms with E-state index < -0.39 is 20.7 Å². The lowest BCUT2D eigenvalue weighted by Gasteiger charge is -2.21. The third kappa shape index (κ3) is 3.48. The third-order valence-electron chi connectivity index (χ3n) is 3.35. The summed E-state index contributed by atoms with van der Waals surface area (Å²) < 4.78 is 55.9. The third-order valence-corrected chi connectivity index (χ3v) is 5.28. The second-order valence-electron chi connectivity index (χ2n) is 4.70. The number of methoxy groups -OCH3 is 2. The van der Waals surface area contributed by atoms with Crippen molar-refractivity contribution in [2.75, 3.05) is 20.8 Å². The summed E-state index contributed by atoms with van der Waals surface area (Å²) in [5.41, 5.74) is 0.677. The Morgan fingerprint density at radius 3 is 2.39 bits per heavy atom. The van der Waals surface area contributed by atoms with E-state index in [2.05, 4.69) is 0 Å². The first-order valence-corrected chi connectivity index (χ1v) is 8.30. The van der Waals surface area contributed by atoms with Crippen molar-refractivity contribution in [3.63, 3.8) is 0 Å². The first-order chi connectivity index (χ1) is 10.9. The van der Waals surface area contributed by atoms with E-state index in [0.717, 1.165) is 16.4 Å². The van der Waals surface area contributed by atoms with Gasteiger partial charge in [0, 0.05) is 30.8 Å². The Labute approximate surface area is 134 Å². The van der Waals surface area contributed by atoms with Gasteiger partial charge in [0.1, 0.15) is 10.7 Å². The van der Waals surface area contributed by atoms with E-state index in [0.29, 0.717) is 5.56 Å². The molecule has 8 heteroatoms. The summed E-state index contributed by atoms with van der Waals surface area (Å²) in [6.07, 6.45) is 2.90. The topological polar surface area (TPSA) is 69.0 Å². The van der Waals surface area contributed by atoms with Crippen LogP contribution in [0.4, 0.5) is 4.39 Å². The minimum absolute atomic E-state index is 0.0864. The summed E-state index contributed by atoms with van der Waals surface area (Å²) in [6, 6.07) is 3.78. The molecule has 0 bridgehead atoms. The number of halogens is 1. The summed E-state index contributed by atoms with van der Waals surface area (Å²) in [7, 11) is -1.33. The van der Waals surface area contributed by atoms with Gasteiger partial charge >= 0.3 is 0 Å². The maximum absolute atomic E-state index is 14.3. The van der Waals surface area contributed by atoms with Gasteiger partial charge in [0.05, 0.1) is 26.7 Å². The van der Waals surface area contributed by atoms with Gasteiger partial charge in [-0.05, 0) is 6.07 Å². The van der Waals surface area contributed by atoms with Gasteiger partial charge < -0.3 is 13.9 Å². The number of hydrogen-bond acceptors (Lipinski definition) is 5. The van der Waals surface area contributed by atoms with Crippen LogP contribution >= 0.6 is 0 Å². The molecule has 1 heterocycles. The molecule has 0 spiro atoms. The number of furan rings is 1. The van der Waals surface area contributed by atoms with Crippen LogP contribution in [0.5, 0.6) is 11.5 Å². The first-order valence-electron chi connectivity index (χ1n) is 6.86. The fourth-order valence-corrected chi connectivity index (χ4v) is 3.62. The Balaban J connectivity index is 2.45. The van der Waals surface area contributed by atoms with Crippen molar-refractivity contribution in [1.82, 2.24) is 4.31 Å². The average Bonchev–Trinajstić information content (AvgIpc) is 3.04. The molecule has 126 valence electrons. The quantitative estimate of drug-likeness (QED) is 0.773. The van der Waals surface area contributed by atoms with Crippen molar-refractivity contribution < 1.29 is 26.7 Å². The standard InChI is InChI=1S/C15H18FNO5S/c1-4-17(9-11-5-6-22-10-11)23(18,19)15-8-14(21-3)13(20-2)7-12(15)16/h5-8,10H,4,9H2,1-3H3. The molecule has 0 aliphatic rings. The number of nitrogens with zero attached hydrogens (tertiary/aromatic N) is 1. The van der Waals surface area contributed by atoms with Crippen LogP contribution in [0.3, 0.4) is 0 Å². The molecule has 2 rings (SSSR count). The number of ether oxygens (including phenoxy) is 2. The molecule has 1 aromatic carbocycles. The molecule has 1 aromatic heterocycles. The molecule has 0 amide bonds. The second-order valence-corrected chi connectivity index (χ2v) is 6.61. The predicted molar refractivity (Wildman–Crippen MR) is 81.5 cm³/mol. The van der Waals surface area contributed by atoms with Crippen molar-refractivity contribution >= 4 is 10.0 Å². The molecule has 6 nitrogen and oxygen atoms in total. The Hall–Kier alpha value is -2.06. The predicted octanol–water partition coefficient (Wildman–Crippen LogP) is 2.65. The zero-order valence-corrected chi connectivity index (χ0v) is 13.9. The van der Waals surface area contributed by atoms with E-state index in [1.165, 1.54) is 26.7 Å². The molecule has 0 N–H and O–H groups in total. The highest BCUT2D eigenvalue weighted by Crippen LogP contribution is 2.33. The minimum Gasteiger partial charge on any atom is -0.493 e. The monoisotopic (exact) mass is 343 g/mol. The summed E-state index contributed by atoms with van der Waals surface area (Å²) in [6.45, 7) is 1.95. The molecule has 0 atom stereocenters. The molecular formula is C15H18FNO5S. The van der Waals surface area contributed by atoms with Gasteiger partial charge in [-0.2, -0.15) is 4.31 Å². The van der Waals surface area contributed by atoms with E-state index in [4.69, 9.17) is 13.9 Å². The number of benzene rings is 1. The zero-order chi connectivity index (χ0) is 17.0. The summed E-state index contributed by atoms with van der Waals surface area (Å²) in [4.78, 5) is -0.458. The van der Waals surface area contributed by atoms with Crippen molar-refractivity contribution in [1.29, 1.82) is 0 Å². The summed E-state index contributed by atoms with van der Waals surface area (Å²) >= 11 is 0. The van der Waals surface area contributed by atoms with Crippen LogP contribution < -0.4 is 9.47 Å². The highest BCUT2D eigenvalue weighted by atomic mass is 32.2. The van der Waals surface area contributed by atoms with Crippen LogP contribution in [0.1, 0.15) is 12.5 Å². The lowest BCUT2D eigenvalue weighted by Crippen LogP contribution is -2.31. The molecule has 0 radical (unpaired) electrons. The lowest BCUT2D eigenvalue weighted by molar-refractivity contribution is 0.349. The average molecular weight is 343 g/mol. The molecule has 0 saturated heterocycles. The number of hydrogen-bond donors (Lipinski definition) is 0. The van der Waals surface area contributed by atoms with Crippen LogP contribution in [0.15, 0.2) is 40.0 Å². The largest absolute Gasteiger partial charge is 0.493 e. The highest BCUT2D eigenvalue weighted by molar-refractivity contribution is 7.89. The van der Waals surface area contributed by atoms with E-state index in [9.17, 15) is 12.8 Å². The van der Waals surface area contributed by atoms with Crippen LogP contribution in [0.25, 0.3) is 0 Å². The van der Waals surface area contributed by atoms with Gasteiger partial charge in [0.25, 0.3) is 0 Å². The van der Waals surface area contributed by atoms with Gasteiger partial charge in [0.15, 0.2) is 11.5 Å². The van der Waals surface area contributed by atoms with E-state index in [-0.39, 0.29) is 24.6 Å². The van der Waals surface area contributed by atoms with Gasteiger partial charge in [-0.1, -0.05) is 6.92 Å². The van der Waals surface area contributed by atoms with Gasteiger partial charge in [-0.3, -0.25) is 0 Å². The van der Waals surface area contributed by atoms with Crippen molar-refractivity contribution in [3.05, 3.63) is 42.1 Å². The maximum Gasteiger partial charge on any atom is 0.246 e. The summed E-state index contributed by atoms with van der Waals surface area (Å²) in [5.74, 6) is -0.623. The maximum atomic E-state index is 14.3. The Bertz CT molecular complexity index is 758. The molecule has 0 aliphatic carbocycles. The van der Waals surface area contributed by atoms with E-state index in [1.807, 2.05) is 0 Å². The van der Waals surface area contributed by atoms with E-state index >= 15 is 0 Å². The Morgan fingerprint density at radius 2 is 1.87 bits per heavy atom. The molecule has 2 aromatic rings. The van der Waals surface area contributed by atoms with Gasteiger partial charge in [-0.15, -0.1) is 0 Å². The molecule has 0 aliphatic heterocycles. The smallest absolute Gasteiger partial charge is 0.246 e. The molecule has 23 heavy (non-hydrogen) atoms. The highest BCUT2D eigenvalue weighted by Gasteiger charge is 2.28. The molecular weight excluding hydrogens is 325 g/mol. The minimum atomic E-state index is -4.03. The van der Waals surface area contributed by atoms with Crippen LogP contribution in [-0.2, 0) is 16.6 Å². The van der Waals surface area contributed by atoms with Gasteiger partial charge in [-0.25, -0.2) is 12.8 Å². The Morgan fingerprint density at radius 1 is 1.22 bits per heavy atom. The van der Waals surface area contributed by atoms with Crippen molar-refractivity contribution in [3.8, 4) is 11.5 Å². The fraction of sp³-hybridized carbons (Fsp3) is 0.333. The molecule has 0 saturated carbocycles. The normalized spacial score (nSPS) is 11.7. The van der Waals surface area contributed by atoms with Gasteiger partial charge in [0.2, 0.25) is 10.0 Å². The molecule has 0 unspecified atom stereocenters. The van der Waals surface area contributed by atoms with Crippen LogP contribution in [-0.4, -0.2) is 33.5 Å². The number of rotatable bonds is 7. The van der Waals surface area contributed by atoms with Crippen LogP contribution in [0.2, 0.25) is 0 Å². The van der Waals surface area contributed by atoms with Crippen molar-refractivity contribution in [2.24, 2.45) is 0 Å². The lowest BCUT2D eigenvalue weighted by atomic mass is 10.3. The van der Waals surface area contributed by atoms with Crippen LogP contribution in [0, 0.1) is 5.82 Å². The SMILES string of the molecule is CCN(Cc1ccoc1)S(=O)(=O)c1cc(OC)c(OC)cc1F. The Kier molecular flexibility index (Phi) is 5.27. The zero-order valence-electron chi connectivity index (χ0n) is 13.1. The first kappa shape index (κ1) is 17.3. The second kappa shape index (κ2) is 7.01. The number of sulfonamides is 1. The summed E-state index contributed by atoms with van der Waals surface area (Å²) in [5, 5.41) is 0. The van der Waals surface area contributed by atoms with Crippen molar-refractivity contribution in [2.45, 2.75) is 18.4 Å². The van der Waals surface area contributed by atoms with E-state index in [1.54, 1.807) is 13.0 Å². The fourth-order valence-electron chi connectivity index (χ4n) is 2.13.